The van der Waals surface area contributed by atoms with Gasteiger partial charge in [0.2, 0.25) is 5.91 Å². The van der Waals surface area contributed by atoms with E-state index in [2.05, 4.69) is 5.10 Å². The van der Waals surface area contributed by atoms with Gasteiger partial charge in [-0.15, -0.1) is 0 Å². The number of nitrogens with two attached hydrogens (primary N) is 1. The van der Waals surface area contributed by atoms with E-state index in [1.54, 1.807) is 18.1 Å². The smallest absolute Gasteiger partial charge is 0.225 e. The fraction of sp³-hybridized carbons (Fsp3) is 0.692. The van der Waals surface area contributed by atoms with Crippen LogP contribution in [-0.2, 0) is 4.79 Å². The van der Waals surface area contributed by atoms with Crippen LogP contribution in [0.3, 0.4) is 0 Å². The maximum atomic E-state index is 11.7. The molecule has 0 aliphatic heterocycles. The van der Waals surface area contributed by atoms with Crippen LogP contribution in [0.25, 0.3) is 0 Å². The van der Waals surface area contributed by atoms with Crippen LogP contribution in [-0.4, -0.2) is 47.3 Å². The molecule has 0 fully saturated rings. The maximum Gasteiger partial charge on any atom is 0.225 e. The van der Waals surface area contributed by atoms with Gasteiger partial charge in [-0.3, -0.25) is 9.48 Å². The maximum absolute atomic E-state index is 11.7. The second-order valence-electron chi connectivity index (χ2n) is 4.81. The standard InChI is InChI=1S/C13H24N4O2/c1-11(2)17-10-12(9-15-17)19-8-5-13(18)16(3)7-4-6-14/h9-11H,4-8,14H2,1-3H3. The first-order valence-corrected chi connectivity index (χ1v) is 6.65. The SMILES string of the molecule is CC(C)n1cc(OCCC(=O)N(C)CCCN)cn1. The second kappa shape index (κ2) is 7.78. The highest BCUT2D eigenvalue weighted by atomic mass is 16.5. The molecule has 0 aromatic carbocycles. The zero-order chi connectivity index (χ0) is 14.3. The van der Waals surface area contributed by atoms with E-state index in [0.29, 0.717) is 37.9 Å². The van der Waals surface area contributed by atoms with E-state index >= 15 is 0 Å². The molecule has 0 radical (unpaired) electrons. The zero-order valence-electron chi connectivity index (χ0n) is 12.0. The molecule has 108 valence electrons. The summed E-state index contributed by atoms with van der Waals surface area (Å²) in [4.78, 5) is 13.4. The topological polar surface area (TPSA) is 73.4 Å². The van der Waals surface area contributed by atoms with Crippen molar-refractivity contribution >= 4 is 5.91 Å². The molecule has 0 spiro atoms. The molecule has 1 amide bonds. The lowest BCUT2D eigenvalue weighted by atomic mass is 10.3. The van der Waals surface area contributed by atoms with Crippen LogP contribution in [0.5, 0.6) is 5.75 Å². The first-order chi connectivity index (χ1) is 9.04. The van der Waals surface area contributed by atoms with E-state index < -0.39 is 0 Å². The number of carbonyl (C=O) groups excluding carboxylic acids is 1. The lowest BCUT2D eigenvalue weighted by Gasteiger charge is -2.16. The summed E-state index contributed by atoms with van der Waals surface area (Å²) in [7, 11) is 1.79. The van der Waals surface area contributed by atoms with Gasteiger partial charge in [0, 0.05) is 19.6 Å². The Morgan fingerprint density at radius 3 is 2.89 bits per heavy atom. The Hall–Kier alpha value is -1.56. The molecule has 0 unspecified atom stereocenters. The number of hydrogen-bond donors (Lipinski definition) is 1. The van der Waals surface area contributed by atoms with E-state index in [1.165, 1.54) is 0 Å². The van der Waals surface area contributed by atoms with Crippen molar-refractivity contribution in [2.75, 3.05) is 26.7 Å². The molecule has 19 heavy (non-hydrogen) atoms. The summed E-state index contributed by atoms with van der Waals surface area (Å²) in [5.41, 5.74) is 5.41. The number of aromatic nitrogens is 2. The van der Waals surface area contributed by atoms with Crippen LogP contribution in [0.4, 0.5) is 0 Å². The molecular formula is C13H24N4O2. The highest BCUT2D eigenvalue weighted by Crippen LogP contribution is 2.12. The molecule has 6 heteroatoms. The Kier molecular flexibility index (Phi) is 6.35. The summed E-state index contributed by atoms with van der Waals surface area (Å²) in [6.07, 6.45) is 4.70. The van der Waals surface area contributed by atoms with E-state index in [4.69, 9.17) is 10.5 Å². The largest absolute Gasteiger partial charge is 0.490 e. The Bertz CT molecular complexity index is 390. The number of rotatable bonds is 8. The van der Waals surface area contributed by atoms with Crippen LogP contribution < -0.4 is 10.5 Å². The van der Waals surface area contributed by atoms with Crippen LogP contribution in [0, 0.1) is 0 Å². The predicted octanol–water partition coefficient (Wildman–Crippen LogP) is 1.04. The Labute approximate surface area is 114 Å². The van der Waals surface area contributed by atoms with Gasteiger partial charge in [-0.1, -0.05) is 0 Å². The Morgan fingerprint density at radius 2 is 2.32 bits per heavy atom. The van der Waals surface area contributed by atoms with E-state index in [9.17, 15) is 4.79 Å². The van der Waals surface area contributed by atoms with Crippen LogP contribution in [0.2, 0.25) is 0 Å². The van der Waals surface area contributed by atoms with Crippen molar-refractivity contribution < 1.29 is 9.53 Å². The summed E-state index contributed by atoms with van der Waals surface area (Å²) in [6, 6.07) is 0.307. The van der Waals surface area contributed by atoms with Crippen molar-refractivity contribution in [1.29, 1.82) is 0 Å². The van der Waals surface area contributed by atoms with Crippen molar-refractivity contribution in [2.45, 2.75) is 32.7 Å². The molecule has 0 saturated heterocycles. The van der Waals surface area contributed by atoms with Gasteiger partial charge in [0.1, 0.15) is 0 Å². The molecular weight excluding hydrogens is 244 g/mol. The Morgan fingerprint density at radius 1 is 1.58 bits per heavy atom. The highest BCUT2D eigenvalue weighted by Gasteiger charge is 2.09. The molecule has 6 nitrogen and oxygen atoms in total. The van der Waals surface area contributed by atoms with E-state index in [-0.39, 0.29) is 5.91 Å². The summed E-state index contributed by atoms with van der Waals surface area (Å²) in [5, 5.41) is 4.17. The summed E-state index contributed by atoms with van der Waals surface area (Å²) in [6.45, 7) is 5.76. The normalized spacial score (nSPS) is 10.8. The van der Waals surface area contributed by atoms with Gasteiger partial charge < -0.3 is 15.4 Å². The predicted molar refractivity (Wildman–Crippen MR) is 74.0 cm³/mol. The highest BCUT2D eigenvalue weighted by molar-refractivity contribution is 5.75. The lowest BCUT2D eigenvalue weighted by Crippen LogP contribution is -2.29. The summed E-state index contributed by atoms with van der Waals surface area (Å²) < 4.78 is 7.33. The molecule has 0 saturated carbocycles. The minimum absolute atomic E-state index is 0.0738. The number of amides is 1. The van der Waals surface area contributed by atoms with Gasteiger partial charge in [0.05, 0.1) is 25.4 Å². The van der Waals surface area contributed by atoms with Crippen LogP contribution in [0.1, 0.15) is 32.7 Å². The van der Waals surface area contributed by atoms with Gasteiger partial charge >= 0.3 is 0 Å². The van der Waals surface area contributed by atoms with Crippen molar-refractivity contribution in [3.05, 3.63) is 12.4 Å². The van der Waals surface area contributed by atoms with Crippen molar-refractivity contribution in [3.8, 4) is 5.75 Å². The third-order valence-electron chi connectivity index (χ3n) is 2.81. The third kappa shape index (κ3) is 5.30. The lowest BCUT2D eigenvalue weighted by molar-refractivity contribution is -0.130. The molecule has 0 aliphatic rings. The molecule has 0 atom stereocenters. The zero-order valence-corrected chi connectivity index (χ0v) is 12.0. The molecule has 1 aromatic heterocycles. The van der Waals surface area contributed by atoms with E-state index in [1.807, 2.05) is 24.7 Å². The minimum Gasteiger partial charge on any atom is -0.490 e. The second-order valence-corrected chi connectivity index (χ2v) is 4.81. The van der Waals surface area contributed by atoms with Crippen molar-refractivity contribution in [3.63, 3.8) is 0 Å². The van der Waals surface area contributed by atoms with E-state index in [0.717, 1.165) is 6.42 Å². The molecule has 0 bridgehead atoms. The van der Waals surface area contributed by atoms with Gasteiger partial charge in [0.25, 0.3) is 0 Å². The van der Waals surface area contributed by atoms with Crippen molar-refractivity contribution in [2.24, 2.45) is 5.73 Å². The third-order valence-corrected chi connectivity index (χ3v) is 2.81. The number of hydrogen-bond acceptors (Lipinski definition) is 4. The van der Waals surface area contributed by atoms with Gasteiger partial charge in [-0.2, -0.15) is 5.10 Å². The van der Waals surface area contributed by atoms with Crippen LogP contribution >= 0.6 is 0 Å². The van der Waals surface area contributed by atoms with Gasteiger partial charge in [0.15, 0.2) is 5.75 Å². The molecule has 1 rings (SSSR count). The fourth-order valence-electron chi connectivity index (χ4n) is 1.58. The quantitative estimate of drug-likeness (QED) is 0.764. The Balaban J connectivity index is 2.27. The molecule has 2 N–H and O–H groups in total. The number of carbonyl (C=O) groups is 1. The minimum atomic E-state index is 0.0738. The molecule has 1 aromatic rings. The monoisotopic (exact) mass is 268 g/mol. The number of ether oxygens (including phenoxy) is 1. The molecule has 1 heterocycles. The summed E-state index contributed by atoms with van der Waals surface area (Å²) in [5.74, 6) is 0.774. The van der Waals surface area contributed by atoms with Crippen LogP contribution in [0.15, 0.2) is 12.4 Å². The average Bonchev–Trinajstić information content (AvgIpc) is 2.84. The van der Waals surface area contributed by atoms with Gasteiger partial charge in [-0.05, 0) is 26.8 Å². The summed E-state index contributed by atoms with van der Waals surface area (Å²) >= 11 is 0. The number of nitrogens with zero attached hydrogens (tertiary/aromatic N) is 3. The first-order valence-electron chi connectivity index (χ1n) is 6.65. The average molecular weight is 268 g/mol. The first kappa shape index (κ1) is 15.5. The van der Waals surface area contributed by atoms with Gasteiger partial charge in [-0.25, -0.2) is 0 Å². The fourth-order valence-corrected chi connectivity index (χ4v) is 1.58. The van der Waals surface area contributed by atoms with Crippen molar-refractivity contribution in [1.82, 2.24) is 14.7 Å². The molecule has 0 aliphatic carbocycles.